The zero-order valence-electron chi connectivity index (χ0n) is 6.61. The molecule has 62 valence electrons. The Morgan fingerprint density at radius 3 is 2.20 bits per heavy atom. The molecule has 0 aromatic carbocycles. The van der Waals surface area contributed by atoms with Crippen LogP contribution in [0.2, 0.25) is 0 Å². The third-order valence-electron chi connectivity index (χ3n) is 1.64. The van der Waals surface area contributed by atoms with Gasteiger partial charge in [0, 0.05) is 6.04 Å². The second-order valence-corrected chi connectivity index (χ2v) is 3.36. The summed E-state index contributed by atoms with van der Waals surface area (Å²) in [6, 6.07) is 0.336. The minimum Gasteiger partial charge on any atom is -0.129 e. The lowest BCUT2D eigenvalue weighted by atomic mass is 10.1. The third kappa shape index (κ3) is 4.37. The molecule has 1 nitrogen and oxygen atoms in total. The van der Waals surface area contributed by atoms with Gasteiger partial charge in [0.15, 0.2) is 0 Å². The van der Waals surface area contributed by atoms with Crippen LogP contribution < -0.4 is 0 Å². The van der Waals surface area contributed by atoms with Crippen molar-refractivity contribution in [3.8, 4) is 0 Å². The molecule has 0 rings (SSSR count). The van der Waals surface area contributed by atoms with E-state index in [-0.39, 0.29) is 0 Å². The minimum absolute atomic E-state index is 0.336. The molecule has 0 bridgehead atoms. The maximum Gasteiger partial charge on any atom is 0.0413 e. The van der Waals surface area contributed by atoms with Crippen molar-refractivity contribution in [3.05, 3.63) is 0 Å². The Kier molecular flexibility index (Phi) is 6.60. The lowest BCUT2D eigenvalue weighted by Crippen LogP contribution is -2.17. The molecule has 3 heteroatoms. The predicted octanol–water partition coefficient (Wildman–Crippen LogP) is 3.56. The highest BCUT2D eigenvalue weighted by atomic mass is 35.5. The fraction of sp³-hybridized carbons (Fsp3) is 1.00. The number of unbranched alkanes of at least 4 members (excludes halogenated alkanes) is 1. The number of halogens is 2. The van der Waals surface area contributed by atoms with Gasteiger partial charge in [0.05, 0.1) is 0 Å². The molecule has 0 heterocycles. The first-order valence-electron chi connectivity index (χ1n) is 3.83. The van der Waals surface area contributed by atoms with E-state index in [1.807, 2.05) is 0 Å². The Morgan fingerprint density at radius 2 is 1.90 bits per heavy atom. The number of hydrogen-bond donors (Lipinski definition) is 0. The van der Waals surface area contributed by atoms with Gasteiger partial charge in [-0.3, -0.25) is 0 Å². The lowest BCUT2D eigenvalue weighted by Gasteiger charge is -2.16. The van der Waals surface area contributed by atoms with E-state index in [0.29, 0.717) is 6.04 Å². The molecule has 0 aliphatic carbocycles. The zero-order chi connectivity index (χ0) is 7.98. The quantitative estimate of drug-likeness (QED) is 0.590. The third-order valence-corrected chi connectivity index (χ3v) is 2.19. The molecule has 0 aromatic heterocycles. The van der Waals surface area contributed by atoms with Gasteiger partial charge < -0.3 is 0 Å². The van der Waals surface area contributed by atoms with Crippen LogP contribution in [0.1, 0.15) is 39.5 Å². The van der Waals surface area contributed by atoms with Gasteiger partial charge in [-0.2, -0.15) is 0 Å². The van der Waals surface area contributed by atoms with E-state index < -0.39 is 0 Å². The molecule has 0 amide bonds. The van der Waals surface area contributed by atoms with Crippen LogP contribution in [-0.4, -0.2) is 9.98 Å². The molecule has 0 aliphatic heterocycles. The largest absolute Gasteiger partial charge is 0.129 e. The predicted molar refractivity (Wildman–Crippen MR) is 47.1 cm³/mol. The molecule has 10 heavy (non-hydrogen) atoms. The Bertz CT molecular complexity index is 76.0. The van der Waals surface area contributed by atoms with Gasteiger partial charge in [-0.15, -0.1) is 3.94 Å². The van der Waals surface area contributed by atoms with E-state index in [4.69, 9.17) is 23.6 Å². The monoisotopic (exact) mass is 183 g/mol. The summed E-state index contributed by atoms with van der Waals surface area (Å²) in [5.41, 5.74) is 0. The van der Waals surface area contributed by atoms with Crippen LogP contribution in [-0.2, 0) is 0 Å². The molecular formula is C7H15Cl2N. The van der Waals surface area contributed by atoms with Crippen LogP contribution in [0.5, 0.6) is 0 Å². The Balaban J connectivity index is 3.40. The van der Waals surface area contributed by atoms with Gasteiger partial charge in [-0.25, -0.2) is 0 Å². The molecule has 1 unspecified atom stereocenters. The second-order valence-electron chi connectivity index (χ2n) is 2.46. The molecule has 0 saturated heterocycles. The first kappa shape index (κ1) is 10.5. The fourth-order valence-electron chi connectivity index (χ4n) is 0.879. The highest BCUT2D eigenvalue weighted by molar-refractivity contribution is 6.33. The lowest BCUT2D eigenvalue weighted by molar-refractivity contribution is 0.427. The normalized spacial score (nSPS) is 14.1. The molecule has 1 atom stereocenters. The van der Waals surface area contributed by atoms with Crippen LogP contribution in [0.4, 0.5) is 0 Å². The molecule has 0 radical (unpaired) electrons. The van der Waals surface area contributed by atoms with Crippen LogP contribution >= 0.6 is 23.6 Å². The first-order chi connectivity index (χ1) is 4.72. The van der Waals surface area contributed by atoms with E-state index in [0.717, 1.165) is 12.8 Å². The van der Waals surface area contributed by atoms with Crippen LogP contribution in [0.15, 0.2) is 0 Å². The molecule has 0 aliphatic rings. The van der Waals surface area contributed by atoms with Crippen LogP contribution in [0.25, 0.3) is 0 Å². The van der Waals surface area contributed by atoms with Crippen molar-refractivity contribution in [2.75, 3.05) is 0 Å². The van der Waals surface area contributed by atoms with Crippen molar-refractivity contribution < 1.29 is 0 Å². The van der Waals surface area contributed by atoms with Gasteiger partial charge >= 0.3 is 0 Å². The van der Waals surface area contributed by atoms with E-state index in [9.17, 15) is 0 Å². The smallest absolute Gasteiger partial charge is 0.0413 e. The average molecular weight is 184 g/mol. The van der Waals surface area contributed by atoms with E-state index in [1.54, 1.807) is 0 Å². The summed E-state index contributed by atoms with van der Waals surface area (Å²) in [6.07, 6.45) is 4.53. The molecule has 0 saturated carbocycles. The highest BCUT2D eigenvalue weighted by Crippen LogP contribution is 2.16. The average Bonchev–Trinajstić information content (AvgIpc) is 1.89. The number of hydrogen-bond acceptors (Lipinski definition) is 1. The van der Waals surface area contributed by atoms with E-state index >= 15 is 0 Å². The Hall–Kier alpha value is 0.540. The molecule has 0 spiro atoms. The highest BCUT2D eigenvalue weighted by Gasteiger charge is 2.10. The second kappa shape index (κ2) is 6.26. The standard InChI is InChI=1S/C7H15Cl2N/c1-3-5-6-7(4-2)10(8)9/h7H,3-6H2,1-2H3. The van der Waals surface area contributed by atoms with Crippen LogP contribution in [0.3, 0.4) is 0 Å². The topological polar surface area (TPSA) is 3.24 Å². The number of rotatable bonds is 5. The van der Waals surface area contributed by atoms with Crippen LogP contribution in [0, 0.1) is 0 Å². The maximum atomic E-state index is 5.58. The molecule has 0 fully saturated rings. The van der Waals surface area contributed by atoms with Gasteiger partial charge in [0.1, 0.15) is 0 Å². The van der Waals surface area contributed by atoms with E-state index in [1.165, 1.54) is 16.8 Å². The summed E-state index contributed by atoms with van der Waals surface area (Å²) in [7, 11) is 0. The Labute approximate surface area is 73.5 Å². The van der Waals surface area contributed by atoms with Crippen molar-refractivity contribution in [1.29, 1.82) is 0 Å². The summed E-state index contributed by atoms with van der Waals surface area (Å²) >= 11 is 11.2. The molecule has 0 aromatic rings. The van der Waals surface area contributed by atoms with Gasteiger partial charge in [-0.1, -0.05) is 26.7 Å². The van der Waals surface area contributed by atoms with Crippen molar-refractivity contribution in [2.24, 2.45) is 0 Å². The van der Waals surface area contributed by atoms with Crippen molar-refractivity contribution in [3.63, 3.8) is 0 Å². The molecule has 0 N–H and O–H groups in total. The summed E-state index contributed by atoms with van der Waals surface area (Å²) in [5, 5.41) is 0. The minimum atomic E-state index is 0.336. The fourth-order valence-corrected chi connectivity index (χ4v) is 1.35. The molecular weight excluding hydrogens is 169 g/mol. The summed E-state index contributed by atoms with van der Waals surface area (Å²) in [4.78, 5) is 0. The SMILES string of the molecule is CCCCC(CC)N(Cl)Cl. The van der Waals surface area contributed by atoms with Crippen molar-refractivity contribution in [1.82, 2.24) is 3.94 Å². The van der Waals surface area contributed by atoms with E-state index in [2.05, 4.69) is 13.8 Å². The van der Waals surface area contributed by atoms with Gasteiger partial charge in [-0.05, 0) is 36.4 Å². The summed E-state index contributed by atoms with van der Waals surface area (Å²) in [5.74, 6) is 0. The first-order valence-corrected chi connectivity index (χ1v) is 4.50. The maximum absolute atomic E-state index is 5.58. The summed E-state index contributed by atoms with van der Waals surface area (Å²) < 4.78 is 1.27. The van der Waals surface area contributed by atoms with Gasteiger partial charge in [0.25, 0.3) is 0 Å². The number of nitrogens with zero attached hydrogens (tertiary/aromatic N) is 1. The summed E-state index contributed by atoms with van der Waals surface area (Å²) in [6.45, 7) is 4.26. The van der Waals surface area contributed by atoms with Crippen molar-refractivity contribution >= 4 is 23.6 Å². The van der Waals surface area contributed by atoms with Crippen molar-refractivity contribution in [2.45, 2.75) is 45.6 Å². The van der Waals surface area contributed by atoms with Gasteiger partial charge in [0.2, 0.25) is 0 Å². The zero-order valence-corrected chi connectivity index (χ0v) is 8.12. The Morgan fingerprint density at radius 1 is 1.30 bits per heavy atom.